The summed E-state index contributed by atoms with van der Waals surface area (Å²) in [5.41, 5.74) is 1.41. The molecule has 0 unspecified atom stereocenters. The van der Waals surface area contributed by atoms with Crippen LogP contribution in [0.5, 0.6) is 17.2 Å². The normalized spacial score (nSPS) is 10.5. The summed E-state index contributed by atoms with van der Waals surface area (Å²) in [6, 6.07) is 12.4. The largest absolute Gasteiger partial charge is 0.494 e. The molecular weight excluding hydrogens is 384 g/mol. The molecule has 2 aromatic rings. The van der Waals surface area contributed by atoms with Crippen LogP contribution in [0.1, 0.15) is 25.8 Å². The van der Waals surface area contributed by atoms with Crippen LogP contribution in [0.3, 0.4) is 0 Å². The molecule has 0 aliphatic rings. The topological polar surface area (TPSA) is 85.9 Å². The molecule has 0 atom stereocenters. The van der Waals surface area contributed by atoms with E-state index in [1.54, 1.807) is 49.6 Å². The SMILES string of the molecule is CCCOc1ccc(/C=C/C(=O)NCC(=O)Nc2ccc(OCC)cc2)cc1OC. The highest BCUT2D eigenvalue weighted by Gasteiger charge is 2.06. The summed E-state index contributed by atoms with van der Waals surface area (Å²) in [4.78, 5) is 24.0. The van der Waals surface area contributed by atoms with Crippen molar-refractivity contribution in [1.82, 2.24) is 5.32 Å². The van der Waals surface area contributed by atoms with Gasteiger partial charge in [0.2, 0.25) is 11.8 Å². The molecule has 2 amide bonds. The zero-order chi connectivity index (χ0) is 21.8. The van der Waals surface area contributed by atoms with Crippen LogP contribution in [0.15, 0.2) is 48.5 Å². The first-order valence-electron chi connectivity index (χ1n) is 9.85. The number of benzene rings is 2. The average Bonchev–Trinajstić information content (AvgIpc) is 2.76. The zero-order valence-electron chi connectivity index (χ0n) is 17.6. The lowest BCUT2D eigenvalue weighted by atomic mass is 10.2. The fourth-order valence-corrected chi connectivity index (χ4v) is 2.52. The molecule has 0 aliphatic heterocycles. The van der Waals surface area contributed by atoms with E-state index in [9.17, 15) is 9.59 Å². The molecule has 0 aliphatic carbocycles. The van der Waals surface area contributed by atoms with Gasteiger partial charge >= 0.3 is 0 Å². The molecule has 2 aromatic carbocycles. The fourth-order valence-electron chi connectivity index (χ4n) is 2.52. The van der Waals surface area contributed by atoms with Crippen LogP contribution in [0, 0.1) is 0 Å². The maximum atomic E-state index is 12.0. The average molecular weight is 412 g/mol. The summed E-state index contributed by atoms with van der Waals surface area (Å²) in [5, 5.41) is 5.27. The number of anilines is 1. The summed E-state index contributed by atoms with van der Waals surface area (Å²) in [5.74, 6) is 1.30. The number of nitrogens with one attached hydrogen (secondary N) is 2. The van der Waals surface area contributed by atoms with E-state index in [0.29, 0.717) is 30.4 Å². The first-order valence-corrected chi connectivity index (χ1v) is 9.85. The van der Waals surface area contributed by atoms with E-state index in [1.165, 1.54) is 6.08 Å². The van der Waals surface area contributed by atoms with Gasteiger partial charge in [0, 0.05) is 11.8 Å². The van der Waals surface area contributed by atoms with E-state index in [-0.39, 0.29) is 18.4 Å². The summed E-state index contributed by atoms with van der Waals surface area (Å²) in [6.45, 7) is 4.98. The van der Waals surface area contributed by atoms with Crippen LogP contribution in [0.25, 0.3) is 6.08 Å². The Kier molecular flexibility index (Phi) is 9.24. The highest BCUT2D eigenvalue weighted by atomic mass is 16.5. The molecule has 30 heavy (non-hydrogen) atoms. The molecule has 2 rings (SSSR count). The first kappa shape index (κ1) is 22.8. The highest BCUT2D eigenvalue weighted by Crippen LogP contribution is 2.28. The van der Waals surface area contributed by atoms with Gasteiger partial charge in [-0.3, -0.25) is 9.59 Å². The number of hydrogen-bond donors (Lipinski definition) is 2. The third-order valence-corrected chi connectivity index (χ3v) is 3.95. The van der Waals surface area contributed by atoms with E-state index in [1.807, 2.05) is 19.9 Å². The number of ether oxygens (including phenoxy) is 3. The Balaban J connectivity index is 1.83. The van der Waals surface area contributed by atoms with Crippen LogP contribution in [0.4, 0.5) is 5.69 Å². The Labute approximate surface area is 177 Å². The molecule has 0 aromatic heterocycles. The highest BCUT2D eigenvalue weighted by molar-refractivity contribution is 5.98. The minimum atomic E-state index is -0.373. The lowest BCUT2D eigenvalue weighted by Crippen LogP contribution is -2.31. The van der Waals surface area contributed by atoms with Crippen LogP contribution in [-0.2, 0) is 9.59 Å². The van der Waals surface area contributed by atoms with Gasteiger partial charge in [-0.2, -0.15) is 0 Å². The minimum Gasteiger partial charge on any atom is -0.494 e. The predicted molar refractivity (Wildman–Crippen MR) is 117 cm³/mol. The second kappa shape index (κ2) is 12.2. The van der Waals surface area contributed by atoms with Crippen LogP contribution < -0.4 is 24.8 Å². The third kappa shape index (κ3) is 7.50. The molecule has 0 radical (unpaired) electrons. The van der Waals surface area contributed by atoms with Crippen LogP contribution in [-0.4, -0.2) is 38.7 Å². The van der Waals surface area contributed by atoms with Gasteiger partial charge < -0.3 is 24.8 Å². The van der Waals surface area contributed by atoms with E-state index in [0.717, 1.165) is 17.7 Å². The summed E-state index contributed by atoms with van der Waals surface area (Å²) in [6.07, 6.45) is 3.91. The molecule has 0 heterocycles. The molecule has 160 valence electrons. The van der Waals surface area contributed by atoms with E-state index < -0.39 is 0 Å². The van der Waals surface area contributed by atoms with Gasteiger partial charge in [-0.15, -0.1) is 0 Å². The smallest absolute Gasteiger partial charge is 0.244 e. The van der Waals surface area contributed by atoms with Crippen molar-refractivity contribution in [2.45, 2.75) is 20.3 Å². The van der Waals surface area contributed by atoms with Gasteiger partial charge in [0.25, 0.3) is 0 Å². The lowest BCUT2D eigenvalue weighted by Gasteiger charge is -2.10. The lowest BCUT2D eigenvalue weighted by molar-refractivity contribution is -0.121. The maximum Gasteiger partial charge on any atom is 0.244 e. The van der Waals surface area contributed by atoms with Gasteiger partial charge in [0.1, 0.15) is 5.75 Å². The number of amides is 2. The molecular formula is C23H28N2O5. The van der Waals surface area contributed by atoms with Gasteiger partial charge in [-0.05, 0) is 61.4 Å². The summed E-state index contributed by atoms with van der Waals surface area (Å²) >= 11 is 0. The van der Waals surface area contributed by atoms with Crippen molar-refractivity contribution in [3.05, 3.63) is 54.1 Å². The van der Waals surface area contributed by atoms with Crippen molar-refractivity contribution in [3.63, 3.8) is 0 Å². The van der Waals surface area contributed by atoms with Crippen molar-refractivity contribution in [2.24, 2.45) is 0 Å². The molecule has 0 saturated heterocycles. The molecule has 7 nitrogen and oxygen atoms in total. The Morgan fingerprint density at radius 2 is 1.77 bits per heavy atom. The van der Waals surface area contributed by atoms with Crippen molar-refractivity contribution in [1.29, 1.82) is 0 Å². The second-order valence-corrected chi connectivity index (χ2v) is 6.32. The van der Waals surface area contributed by atoms with Crippen molar-refractivity contribution < 1.29 is 23.8 Å². The second-order valence-electron chi connectivity index (χ2n) is 6.32. The molecule has 7 heteroatoms. The zero-order valence-corrected chi connectivity index (χ0v) is 17.6. The Bertz CT molecular complexity index is 862. The van der Waals surface area contributed by atoms with E-state index in [4.69, 9.17) is 14.2 Å². The number of rotatable bonds is 11. The van der Waals surface area contributed by atoms with Crippen molar-refractivity contribution in [3.8, 4) is 17.2 Å². The third-order valence-electron chi connectivity index (χ3n) is 3.95. The molecule has 0 bridgehead atoms. The van der Waals surface area contributed by atoms with Crippen molar-refractivity contribution in [2.75, 3.05) is 32.2 Å². The van der Waals surface area contributed by atoms with E-state index in [2.05, 4.69) is 10.6 Å². The Morgan fingerprint density at radius 3 is 2.43 bits per heavy atom. The quantitative estimate of drug-likeness (QED) is 0.550. The van der Waals surface area contributed by atoms with Gasteiger partial charge in [0.15, 0.2) is 11.5 Å². The molecule has 2 N–H and O–H groups in total. The minimum absolute atomic E-state index is 0.135. The summed E-state index contributed by atoms with van der Waals surface area (Å²) < 4.78 is 16.3. The standard InChI is InChI=1S/C23H28N2O5/c1-4-14-30-20-12-6-17(15-21(20)28-3)7-13-22(26)24-16-23(27)25-18-8-10-19(11-9-18)29-5-2/h6-13,15H,4-5,14,16H2,1-3H3,(H,24,26)(H,25,27)/b13-7+. The van der Waals surface area contributed by atoms with Gasteiger partial charge in [-0.25, -0.2) is 0 Å². The van der Waals surface area contributed by atoms with Gasteiger partial charge in [-0.1, -0.05) is 13.0 Å². The van der Waals surface area contributed by atoms with E-state index >= 15 is 0 Å². The molecule has 0 saturated carbocycles. The number of methoxy groups -OCH3 is 1. The fraction of sp³-hybridized carbons (Fsp3) is 0.304. The predicted octanol–water partition coefficient (Wildman–Crippen LogP) is 3.65. The summed E-state index contributed by atoms with van der Waals surface area (Å²) in [7, 11) is 1.57. The Morgan fingerprint density at radius 1 is 1.00 bits per heavy atom. The molecule has 0 fully saturated rings. The number of carbonyl (C=O) groups is 2. The first-order chi connectivity index (χ1) is 14.5. The number of hydrogen-bond acceptors (Lipinski definition) is 5. The van der Waals surface area contributed by atoms with Gasteiger partial charge in [0.05, 0.1) is 26.9 Å². The Hall–Kier alpha value is -3.48. The molecule has 0 spiro atoms. The number of carbonyl (C=O) groups excluding carboxylic acids is 2. The van der Waals surface area contributed by atoms with Crippen molar-refractivity contribution >= 4 is 23.6 Å². The monoisotopic (exact) mass is 412 g/mol. The maximum absolute atomic E-state index is 12.0. The van der Waals surface area contributed by atoms with Crippen LogP contribution >= 0.6 is 0 Å². The van der Waals surface area contributed by atoms with Crippen LogP contribution in [0.2, 0.25) is 0 Å².